The number of hydrogen-bond donors (Lipinski definition) is 3. The zero-order chi connectivity index (χ0) is 34.7. The fraction of sp³-hybridized carbons (Fsp3) is 0.975. The van der Waals surface area contributed by atoms with Gasteiger partial charge >= 0.3 is 0 Å². The van der Waals surface area contributed by atoms with Crippen LogP contribution in [-0.4, -0.2) is 41.9 Å². The Morgan fingerprint density at radius 2 is 0.766 bits per heavy atom. The van der Waals surface area contributed by atoms with E-state index in [0.29, 0.717) is 12.8 Å². The van der Waals surface area contributed by atoms with Crippen molar-refractivity contribution < 1.29 is 22.9 Å². The molecule has 0 aromatic rings. The zero-order valence-corrected chi connectivity index (χ0v) is 32.2. The monoisotopic (exact) mass is 688 g/mol. The molecule has 2 unspecified atom stereocenters. The Morgan fingerprint density at radius 3 is 1.06 bits per heavy atom. The molecule has 0 aromatic heterocycles. The van der Waals surface area contributed by atoms with Crippen molar-refractivity contribution in [2.75, 3.05) is 5.75 Å². The Bertz CT molecular complexity index is 760. The summed E-state index contributed by atoms with van der Waals surface area (Å²) in [5.74, 6) is -0.882. The first-order chi connectivity index (χ1) is 22.8. The topological polar surface area (TPSA) is 104 Å². The predicted molar refractivity (Wildman–Crippen MR) is 203 cm³/mol. The minimum Gasteiger partial charge on any atom is -0.391 e. The second kappa shape index (κ2) is 35.2. The summed E-state index contributed by atoms with van der Waals surface area (Å²) in [7, 11) is -4.30. The number of amides is 1. The SMILES string of the molecule is CCCCCCCCCCCCCCCCCCCCCCC(=O)NC(CS(=O)(=O)O)C(O)CCCCCCCCCCCCCC. The average Bonchev–Trinajstić information content (AvgIpc) is 3.03. The highest BCUT2D eigenvalue weighted by Crippen LogP contribution is 2.17. The van der Waals surface area contributed by atoms with Crippen LogP contribution in [0.15, 0.2) is 0 Å². The molecule has 3 N–H and O–H groups in total. The van der Waals surface area contributed by atoms with Gasteiger partial charge in [-0.2, -0.15) is 8.42 Å². The molecule has 0 aliphatic heterocycles. The summed E-state index contributed by atoms with van der Waals surface area (Å²) >= 11 is 0. The third-order valence-corrected chi connectivity index (χ3v) is 10.6. The first-order valence-electron chi connectivity index (χ1n) is 20.7. The van der Waals surface area contributed by atoms with Gasteiger partial charge in [-0.05, 0) is 12.8 Å². The third kappa shape index (κ3) is 36.4. The van der Waals surface area contributed by atoms with Crippen LogP contribution in [0.2, 0.25) is 0 Å². The van der Waals surface area contributed by atoms with Crippen molar-refractivity contribution in [1.82, 2.24) is 5.32 Å². The predicted octanol–water partition coefficient (Wildman–Crippen LogP) is 12.0. The zero-order valence-electron chi connectivity index (χ0n) is 31.4. The molecule has 7 heteroatoms. The van der Waals surface area contributed by atoms with Gasteiger partial charge in [-0.15, -0.1) is 0 Å². The van der Waals surface area contributed by atoms with Gasteiger partial charge in [0.15, 0.2) is 0 Å². The fourth-order valence-electron chi connectivity index (χ4n) is 6.69. The van der Waals surface area contributed by atoms with E-state index in [2.05, 4.69) is 19.2 Å². The first-order valence-corrected chi connectivity index (χ1v) is 22.3. The molecule has 0 fully saturated rings. The van der Waals surface area contributed by atoms with Gasteiger partial charge in [-0.25, -0.2) is 0 Å². The summed E-state index contributed by atoms with van der Waals surface area (Å²) in [6.07, 6.45) is 40.6. The molecule has 0 heterocycles. The summed E-state index contributed by atoms with van der Waals surface area (Å²) in [5, 5.41) is 13.3. The molecule has 282 valence electrons. The van der Waals surface area contributed by atoms with Crippen LogP contribution in [0.5, 0.6) is 0 Å². The van der Waals surface area contributed by atoms with Gasteiger partial charge < -0.3 is 10.4 Å². The van der Waals surface area contributed by atoms with Crippen LogP contribution in [0.3, 0.4) is 0 Å². The maximum Gasteiger partial charge on any atom is 0.266 e. The molecule has 2 atom stereocenters. The summed E-state index contributed by atoms with van der Waals surface area (Å²) in [4.78, 5) is 12.5. The quantitative estimate of drug-likeness (QED) is 0.0443. The minimum atomic E-state index is -4.30. The largest absolute Gasteiger partial charge is 0.391 e. The standard InChI is InChI=1S/C40H81NO5S/c1-3-5-7-9-11-13-15-17-18-19-20-21-22-23-24-26-28-30-32-34-36-40(43)41-38(37-47(44,45)46)39(42)35-33-31-29-27-25-16-14-12-10-8-6-4-2/h38-39,42H,3-37H2,1-2H3,(H,41,43)(H,44,45,46). The van der Waals surface area contributed by atoms with Gasteiger partial charge in [0.2, 0.25) is 5.91 Å². The Kier molecular flexibility index (Phi) is 34.7. The van der Waals surface area contributed by atoms with E-state index in [0.717, 1.165) is 38.5 Å². The average molecular weight is 688 g/mol. The molecule has 0 bridgehead atoms. The normalized spacial score (nSPS) is 13.2. The smallest absolute Gasteiger partial charge is 0.266 e. The summed E-state index contributed by atoms with van der Waals surface area (Å²) in [6, 6.07) is -0.963. The number of aliphatic hydroxyl groups excluding tert-OH is 1. The number of carbonyl (C=O) groups excluding carboxylic acids is 1. The second-order valence-electron chi connectivity index (χ2n) is 14.6. The van der Waals surface area contributed by atoms with E-state index in [1.165, 1.54) is 167 Å². The molecule has 0 rings (SSSR count). The molecule has 0 saturated carbocycles. The van der Waals surface area contributed by atoms with Crippen LogP contribution >= 0.6 is 0 Å². The number of carbonyl (C=O) groups is 1. The number of aliphatic hydroxyl groups is 1. The first kappa shape index (κ1) is 46.3. The molecule has 0 radical (unpaired) electrons. The molecule has 0 aromatic carbocycles. The van der Waals surface area contributed by atoms with Crippen molar-refractivity contribution in [3.8, 4) is 0 Å². The van der Waals surface area contributed by atoms with Crippen molar-refractivity contribution in [3.05, 3.63) is 0 Å². The van der Waals surface area contributed by atoms with Crippen molar-refractivity contribution in [3.63, 3.8) is 0 Å². The summed E-state index contributed by atoms with van der Waals surface area (Å²) in [6.45, 7) is 4.52. The Balaban J connectivity index is 3.77. The van der Waals surface area contributed by atoms with Crippen molar-refractivity contribution in [2.24, 2.45) is 0 Å². The fourth-order valence-corrected chi connectivity index (χ4v) is 7.45. The van der Waals surface area contributed by atoms with Crippen LogP contribution < -0.4 is 5.32 Å². The molecule has 1 amide bonds. The van der Waals surface area contributed by atoms with Crippen LogP contribution in [0, 0.1) is 0 Å². The van der Waals surface area contributed by atoms with Crippen molar-refractivity contribution >= 4 is 16.0 Å². The minimum absolute atomic E-state index is 0.241. The van der Waals surface area contributed by atoms with Gasteiger partial charge in [0.1, 0.15) is 0 Å². The maximum atomic E-state index is 12.5. The van der Waals surface area contributed by atoms with E-state index in [9.17, 15) is 22.9 Å². The van der Waals surface area contributed by atoms with Crippen molar-refractivity contribution in [2.45, 2.75) is 244 Å². The molecule has 0 aliphatic carbocycles. The lowest BCUT2D eigenvalue weighted by atomic mass is 10.0. The van der Waals surface area contributed by atoms with E-state index in [1.54, 1.807) is 0 Å². The highest BCUT2D eigenvalue weighted by Gasteiger charge is 2.26. The van der Waals surface area contributed by atoms with Crippen LogP contribution in [0.4, 0.5) is 0 Å². The number of rotatable bonds is 38. The molecule has 0 aliphatic rings. The molecular weight excluding hydrogens is 607 g/mol. The van der Waals surface area contributed by atoms with E-state index < -0.39 is 28.0 Å². The van der Waals surface area contributed by atoms with Gasteiger partial charge in [0.05, 0.1) is 17.9 Å². The number of nitrogens with one attached hydrogen (secondary N) is 1. The third-order valence-electron chi connectivity index (χ3n) is 9.81. The van der Waals surface area contributed by atoms with Crippen LogP contribution in [0.25, 0.3) is 0 Å². The van der Waals surface area contributed by atoms with Gasteiger partial charge in [0, 0.05) is 6.42 Å². The van der Waals surface area contributed by atoms with Gasteiger partial charge in [-0.1, -0.05) is 213 Å². The van der Waals surface area contributed by atoms with E-state index >= 15 is 0 Å². The van der Waals surface area contributed by atoms with Crippen LogP contribution in [-0.2, 0) is 14.9 Å². The number of unbranched alkanes of at least 4 members (excludes halogenated alkanes) is 30. The highest BCUT2D eigenvalue weighted by molar-refractivity contribution is 7.85. The Labute approximate surface area is 293 Å². The Hall–Kier alpha value is -0.660. The molecule has 0 spiro atoms. The van der Waals surface area contributed by atoms with E-state index in [4.69, 9.17) is 0 Å². The molecular formula is C40H81NO5S. The lowest BCUT2D eigenvalue weighted by molar-refractivity contribution is -0.122. The number of hydrogen-bond acceptors (Lipinski definition) is 4. The van der Waals surface area contributed by atoms with Gasteiger partial charge in [0.25, 0.3) is 10.1 Å². The van der Waals surface area contributed by atoms with Gasteiger partial charge in [-0.3, -0.25) is 9.35 Å². The second-order valence-corrected chi connectivity index (χ2v) is 16.1. The Morgan fingerprint density at radius 1 is 0.489 bits per heavy atom. The lowest BCUT2D eigenvalue weighted by Crippen LogP contribution is -2.47. The molecule has 6 nitrogen and oxygen atoms in total. The van der Waals surface area contributed by atoms with Crippen molar-refractivity contribution in [1.29, 1.82) is 0 Å². The highest BCUT2D eigenvalue weighted by atomic mass is 32.2. The van der Waals surface area contributed by atoms with E-state index in [1.807, 2.05) is 0 Å². The lowest BCUT2D eigenvalue weighted by Gasteiger charge is -2.23. The molecule has 0 saturated heterocycles. The summed E-state index contributed by atoms with van der Waals surface area (Å²) < 4.78 is 32.5. The molecule has 47 heavy (non-hydrogen) atoms. The van der Waals surface area contributed by atoms with E-state index in [-0.39, 0.29) is 5.91 Å². The van der Waals surface area contributed by atoms with Crippen LogP contribution in [0.1, 0.15) is 232 Å². The summed E-state index contributed by atoms with van der Waals surface area (Å²) in [5.41, 5.74) is 0. The maximum absolute atomic E-state index is 12.5.